The van der Waals surface area contributed by atoms with Gasteiger partial charge in [0.05, 0.1) is 20.8 Å². The number of rotatable bonds is 8. The Morgan fingerprint density at radius 3 is 2.52 bits per heavy atom. The topological polar surface area (TPSA) is 90.8 Å². The van der Waals surface area contributed by atoms with Crippen LogP contribution in [0.4, 0.5) is 0 Å². The van der Waals surface area contributed by atoms with Crippen LogP contribution in [-0.4, -0.2) is 30.1 Å². The molecule has 7 nitrogen and oxygen atoms in total. The smallest absolute Gasteiger partial charge is 0.390 e. The molecule has 4 rings (SSSR count). The van der Waals surface area contributed by atoms with Gasteiger partial charge in [0.2, 0.25) is 0 Å². The molecule has 1 N–H and O–H groups in total. The number of tetrazole rings is 1. The van der Waals surface area contributed by atoms with E-state index in [-0.39, 0.29) is 62.2 Å². The summed E-state index contributed by atoms with van der Waals surface area (Å²) in [5.74, 6) is 1.13. The van der Waals surface area contributed by atoms with Crippen LogP contribution in [-0.2, 0) is 19.5 Å². The third kappa shape index (κ3) is 5.51. The largest absolute Gasteiger partial charge is 1.00 e. The minimum atomic E-state index is -2.59. The maximum Gasteiger partial charge on any atom is 1.00 e. The molecule has 0 aliphatic rings. The van der Waals surface area contributed by atoms with E-state index in [4.69, 9.17) is 14.3 Å². The van der Waals surface area contributed by atoms with E-state index in [1.54, 1.807) is 4.57 Å². The number of aryl methyl sites for hydroxylation is 1. The van der Waals surface area contributed by atoms with Crippen molar-refractivity contribution in [2.45, 2.75) is 39.3 Å². The number of hydrogen-bond acceptors (Lipinski definition) is 5. The molecule has 9 heteroatoms. The summed E-state index contributed by atoms with van der Waals surface area (Å²) in [5, 5.41) is 25.1. The molecule has 0 aliphatic carbocycles. The van der Waals surface area contributed by atoms with Crippen molar-refractivity contribution in [3.8, 4) is 22.5 Å². The first-order valence-electron chi connectivity index (χ1n) is 10.7. The fourth-order valence-corrected chi connectivity index (χ4v) is 3.67. The summed E-state index contributed by atoms with van der Waals surface area (Å²) in [6.07, 6.45) is 2.52. The first-order valence-corrected chi connectivity index (χ1v) is 10.1. The van der Waals surface area contributed by atoms with Crippen molar-refractivity contribution in [2.24, 2.45) is 0 Å². The van der Waals surface area contributed by atoms with Crippen molar-refractivity contribution in [1.82, 2.24) is 30.2 Å². The van der Waals surface area contributed by atoms with Gasteiger partial charge in [-0.3, -0.25) is 10.4 Å². The second-order valence-corrected chi connectivity index (χ2v) is 7.27. The SMILES string of the molecule is [2H]C([2H])(O)c1c(Cl)nc(CCCC)n1Cc1ccc(-c2ccccc2-c2nn[n-]n2)cc1.[K+]. The molecule has 0 unspecified atom stereocenters. The number of unbranched alkanes of at least 4 members (excludes halogenated alkanes) is 1. The molecule has 0 fully saturated rings. The van der Waals surface area contributed by atoms with Gasteiger partial charge in [0.1, 0.15) is 5.82 Å². The van der Waals surface area contributed by atoms with Gasteiger partial charge in [0.15, 0.2) is 5.15 Å². The Balaban J connectivity index is 0.00000306. The van der Waals surface area contributed by atoms with E-state index >= 15 is 0 Å². The van der Waals surface area contributed by atoms with Crippen molar-refractivity contribution < 1.29 is 59.2 Å². The molecule has 0 spiro atoms. The molecular formula is C22H22ClKN6O. The van der Waals surface area contributed by atoms with Crippen molar-refractivity contribution in [3.63, 3.8) is 0 Å². The van der Waals surface area contributed by atoms with Gasteiger partial charge in [0.25, 0.3) is 0 Å². The first-order chi connectivity index (χ1) is 15.4. The summed E-state index contributed by atoms with van der Waals surface area (Å²) in [4.78, 5) is 4.32. The molecule has 0 radical (unpaired) electrons. The quantitative estimate of drug-likeness (QED) is 0.391. The molecule has 0 amide bonds. The summed E-state index contributed by atoms with van der Waals surface area (Å²) in [7, 11) is 0. The van der Waals surface area contributed by atoms with Crippen LogP contribution in [0.5, 0.6) is 0 Å². The average molecular weight is 463 g/mol. The van der Waals surface area contributed by atoms with Crippen LogP contribution >= 0.6 is 11.6 Å². The number of aromatic nitrogens is 6. The summed E-state index contributed by atoms with van der Waals surface area (Å²) in [6.45, 7) is -0.171. The van der Waals surface area contributed by atoms with Crippen molar-refractivity contribution >= 4 is 11.6 Å². The Morgan fingerprint density at radius 1 is 1.13 bits per heavy atom. The van der Waals surface area contributed by atoms with Gasteiger partial charge < -0.3 is 14.8 Å². The molecule has 2 aromatic carbocycles. The van der Waals surface area contributed by atoms with Crippen LogP contribution in [0.25, 0.3) is 22.5 Å². The second kappa shape index (κ2) is 11.5. The number of imidazole rings is 1. The predicted molar refractivity (Wildman–Crippen MR) is 115 cm³/mol. The van der Waals surface area contributed by atoms with E-state index in [0.717, 1.165) is 35.1 Å². The van der Waals surface area contributed by atoms with Crippen molar-refractivity contribution in [3.05, 3.63) is 70.8 Å². The molecule has 2 aromatic heterocycles. The number of halogens is 1. The zero-order chi connectivity index (χ0) is 22.7. The van der Waals surface area contributed by atoms with Crippen molar-refractivity contribution in [2.75, 3.05) is 0 Å². The minimum absolute atomic E-state index is 0. The minimum Gasteiger partial charge on any atom is -0.390 e. The second-order valence-electron chi connectivity index (χ2n) is 6.91. The number of nitrogens with zero attached hydrogens (tertiary/aromatic N) is 6. The van der Waals surface area contributed by atoms with E-state index in [9.17, 15) is 5.11 Å². The van der Waals surface area contributed by atoms with Crippen LogP contribution in [0.3, 0.4) is 0 Å². The van der Waals surface area contributed by atoms with Crippen LogP contribution in [0.2, 0.25) is 5.15 Å². The first kappa shape index (κ1) is 21.5. The molecular weight excluding hydrogens is 439 g/mol. The molecule has 0 saturated carbocycles. The monoisotopic (exact) mass is 462 g/mol. The maximum atomic E-state index is 10.0. The third-order valence-electron chi connectivity index (χ3n) is 4.96. The van der Waals surface area contributed by atoms with Gasteiger partial charge in [-0.15, -0.1) is 0 Å². The molecule has 0 atom stereocenters. The van der Waals surface area contributed by atoms with Gasteiger partial charge in [-0.2, -0.15) is 0 Å². The van der Waals surface area contributed by atoms with Gasteiger partial charge in [-0.05, 0) is 23.1 Å². The van der Waals surface area contributed by atoms with Gasteiger partial charge >= 0.3 is 51.4 Å². The Morgan fingerprint density at radius 2 is 1.87 bits per heavy atom. The normalized spacial score (nSPS) is 12.2. The predicted octanol–water partition coefficient (Wildman–Crippen LogP) is 0.900. The van der Waals surface area contributed by atoms with Gasteiger partial charge in [0, 0.05) is 18.5 Å². The Kier molecular flexibility index (Phi) is 7.93. The molecule has 0 saturated heterocycles. The fourth-order valence-electron chi connectivity index (χ4n) is 3.42. The number of hydrogen-bond donors (Lipinski definition) is 1. The number of benzene rings is 2. The van der Waals surface area contributed by atoms with Crippen LogP contribution in [0, 0.1) is 0 Å². The van der Waals surface area contributed by atoms with Crippen LogP contribution < -0.4 is 56.6 Å². The summed E-state index contributed by atoms with van der Waals surface area (Å²) < 4.78 is 17.3. The van der Waals surface area contributed by atoms with Gasteiger partial charge in [-0.1, -0.05) is 73.5 Å². The standard InChI is InChI=1S/C22H22ClN6O.K/c1-2-3-8-20-24-21(23)19(14-30)29(20)13-15-9-11-16(12-10-15)17-6-4-5-7-18(17)22-25-27-28-26-22;/h4-7,9-12,30H,2-3,8,13-14H2,1H3;/q-1;+1/i14D2;. The van der Waals surface area contributed by atoms with Crippen LogP contribution in [0.15, 0.2) is 48.5 Å². The summed E-state index contributed by atoms with van der Waals surface area (Å²) in [5.41, 5.74) is 3.67. The maximum absolute atomic E-state index is 10.0. The molecule has 154 valence electrons. The Hall–Kier alpha value is -1.39. The average Bonchev–Trinajstić information content (AvgIpc) is 3.41. The van der Waals surface area contributed by atoms with E-state index in [1.807, 2.05) is 48.5 Å². The zero-order valence-corrected chi connectivity index (χ0v) is 21.3. The molecule has 2 heterocycles. The summed E-state index contributed by atoms with van der Waals surface area (Å²) >= 11 is 6.20. The summed E-state index contributed by atoms with van der Waals surface area (Å²) in [6, 6.07) is 15.6. The van der Waals surface area contributed by atoms with E-state index < -0.39 is 6.56 Å². The van der Waals surface area contributed by atoms with Gasteiger partial charge in [-0.25, -0.2) is 10.1 Å². The molecule has 0 bridgehead atoms. The molecule has 0 aliphatic heterocycles. The molecule has 31 heavy (non-hydrogen) atoms. The molecule has 4 aromatic rings. The Labute approximate surface area is 231 Å². The van der Waals surface area contributed by atoms with Crippen molar-refractivity contribution in [1.29, 1.82) is 0 Å². The third-order valence-corrected chi connectivity index (χ3v) is 5.22. The van der Waals surface area contributed by atoms with E-state index in [1.165, 1.54) is 0 Å². The van der Waals surface area contributed by atoms with Crippen LogP contribution in [0.1, 0.15) is 39.6 Å². The Bertz CT molecular complexity index is 1190. The van der Waals surface area contributed by atoms with E-state index in [2.05, 4.69) is 32.5 Å². The zero-order valence-electron chi connectivity index (χ0n) is 19.5. The fraction of sp³-hybridized carbons (Fsp3) is 0.273. The number of aliphatic hydroxyl groups is 1. The van der Waals surface area contributed by atoms with E-state index in [0.29, 0.717) is 24.6 Å².